The van der Waals surface area contributed by atoms with Crippen LogP contribution in [-0.4, -0.2) is 36.8 Å². The van der Waals surface area contributed by atoms with Gasteiger partial charge < -0.3 is 4.90 Å². The van der Waals surface area contributed by atoms with Crippen molar-refractivity contribution in [1.82, 2.24) is 4.90 Å². The lowest BCUT2D eigenvalue weighted by molar-refractivity contribution is 0.275. The number of allylic oxidation sites excluding steroid dienone is 2. The van der Waals surface area contributed by atoms with E-state index in [-0.39, 0.29) is 0 Å². The Morgan fingerprint density at radius 3 is 3.00 bits per heavy atom. The molecule has 0 N–H and O–H groups in total. The maximum Gasteiger partial charge on any atom is 0.0940 e. The Kier molecular flexibility index (Phi) is 2.83. The molecular weight excluding hydrogens is 276 g/mol. The molecule has 2 aliphatic carbocycles. The normalized spacial score (nSPS) is 31.3. The van der Waals surface area contributed by atoms with Crippen molar-refractivity contribution >= 4 is 21.6 Å². The fraction of sp³-hybridized carbons (Fsp3) is 0.500. The summed E-state index contributed by atoms with van der Waals surface area (Å²) in [6.45, 7) is 0. The highest BCUT2D eigenvalue weighted by molar-refractivity contribution is 9.11. The van der Waals surface area contributed by atoms with Gasteiger partial charge >= 0.3 is 0 Å². The number of aliphatic imine (C=N–C) groups is 1. The van der Waals surface area contributed by atoms with Crippen molar-refractivity contribution in [1.29, 1.82) is 0 Å². The van der Waals surface area contributed by atoms with Gasteiger partial charge in [-0.05, 0) is 56.7 Å². The van der Waals surface area contributed by atoms with Gasteiger partial charge in [-0.25, -0.2) is 0 Å². The third-order valence-corrected chi connectivity index (χ3v) is 4.42. The second-order valence-corrected chi connectivity index (χ2v) is 6.12. The highest BCUT2D eigenvalue weighted by Gasteiger charge is 2.32. The summed E-state index contributed by atoms with van der Waals surface area (Å²) in [5, 5.41) is 0. The molecule has 17 heavy (non-hydrogen) atoms. The number of rotatable bonds is 1. The van der Waals surface area contributed by atoms with E-state index in [0.29, 0.717) is 12.1 Å². The van der Waals surface area contributed by atoms with Gasteiger partial charge in [0, 0.05) is 16.2 Å². The predicted octanol–water partition coefficient (Wildman–Crippen LogP) is 3.07. The maximum atomic E-state index is 4.83. The average Bonchev–Trinajstić information content (AvgIpc) is 2.66. The van der Waals surface area contributed by atoms with Crippen LogP contribution >= 0.6 is 15.9 Å². The second kappa shape index (κ2) is 4.21. The summed E-state index contributed by atoms with van der Waals surface area (Å²) in [7, 11) is 4.36. The van der Waals surface area contributed by atoms with Gasteiger partial charge in [-0.15, -0.1) is 0 Å². The van der Waals surface area contributed by atoms with Crippen LogP contribution in [0.4, 0.5) is 0 Å². The molecule has 0 aromatic rings. The zero-order valence-electron chi connectivity index (χ0n) is 10.3. The van der Waals surface area contributed by atoms with Gasteiger partial charge in [0.2, 0.25) is 0 Å². The molecule has 1 aliphatic heterocycles. The quantitative estimate of drug-likeness (QED) is 0.725. The number of fused-ring (bicyclic) bond motifs is 2. The lowest BCUT2D eigenvalue weighted by Crippen LogP contribution is -2.33. The third-order valence-electron chi connectivity index (χ3n) is 3.93. The molecule has 90 valence electrons. The van der Waals surface area contributed by atoms with Crippen molar-refractivity contribution in [2.24, 2.45) is 4.99 Å². The minimum absolute atomic E-state index is 0.294. The smallest absolute Gasteiger partial charge is 0.0940 e. The molecule has 0 saturated heterocycles. The van der Waals surface area contributed by atoms with E-state index in [2.05, 4.69) is 53.2 Å². The van der Waals surface area contributed by atoms with Gasteiger partial charge in [-0.3, -0.25) is 4.99 Å². The first-order valence-corrected chi connectivity index (χ1v) is 6.96. The number of hydrogen-bond acceptors (Lipinski definition) is 2. The Balaban J connectivity index is 1.95. The molecule has 3 heteroatoms. The van der Waals surface area contributed by atoms with Crippen LogP contribution < -0.4 is 0 Å². The van der Waals surface area contributed by atoms with Gasteiger partial charge in [-0.1, -0.05) is 22.0 Å². The summed E-state index contributed by atoms with van der Waals surface area (Å²) in [5.41, 5.74) is 4.27. The predicted molar refractivity (Wildman–Crippen MR) is 75.7 cm³/mol. The largest absolute Gasteiger partial charge is 0.306 e. The molecular formula is C14H17BrN2. The topological polar surface area (TPSA) is 15.6 Å². The van der Waals surface area contributed by atoms with Crippen LogP contribution in [0.2, 0.25) is 0 Å². The van der Waals surface area contributed by atoms with Crippen LogP contribution in [0, 0.1) is 0 Å². The van der Waals surface area contributed by atoms with E-state index >= 15 is 0 Å². The van der Waals surface area contributed by atoms with E-state index in [1.54, 1.807) is 0 Å². The van der Waals surface area contributed by atoms with Crippen LogP contribution in [0.15, 0.2) is 38.8 Å². The van der Waals surface area contributed by atoms with Crippen molar-refractivity contribution in [3.63, 3.8) is 0 Å². The lowest BCUT2D eigenvalue weighted by Gasteiger charge is -2.30. The van der Waals surface area contributed by atoms with E-state index in [9.17, 15) is 0 Å². The molecule has 1 saturated carbocycles. The van der Waals surface area contributed by atoms with Crippen LogP contribution in [0.25, 0.3) is 0 Å². The molecule has 0 aromatic carbocycles. The van der Waals surface area contributed by atoms with Crippen LogP contribution in [-0.2, 0) is 0 Å². The second-order valence-electron chi connectivity index (χ2n) is 5.20. The number of halogens is 1. The van der Waals surface area contributed by atoms with E-state index in [0.717, 1.165) is 12.8 Å². The van der Waals surface area contributed by atoms with Crippen molar-refractivity contribution < 1.29 is 0 Å². The summed E-state index contributed by atoms with van der Waals surface area (Å²) in [5.74, 6) is 0. The van der Waals surface area contributed by atoms with Crippen molar-refractivity contribution in [3.05, 3.63) is 33.9 Å². The third kappa shape index (κ3) is 1.95. The zero-order valence-corrected chi connectivity index (χ0v) is 11.9. The van der Waals surface area contributed by atoms with E-state index in [1.165, 1.54) is 27.8 Å². The summed E-state index contributed by atoms with van der Waals surface area (Å²) in [6.07, 6.45) is 10.1. The standard InChI is InChI=1S/C14H17BrN2/c1-17(2)10-4-6-14-12(8-10)11-7-9(15)3-5-13(11)16-14/h3,5,7,10,13H,4,6,8H2,1-2H3/t10-,13-/m0/s1. The Hall–Kier alpha value is -0.670. The molecule has 1 heterocycles. The molecule has 0 aromatic heterocycles. The first kappa shape index (κ1) is 11.4. The van der Waals surface area contributed by atoms with Gasteiger partial charge in [0.15, 0.2) is 0 Å². The van der Waals surface area contributed by atoms with Crippen LogP contribution in [0.1, 0.15) is 19.3 Å². The minimum Gasteiger partial charge on any atom is -0.306 e. The summed E-state index contributed by atoms with van der Waals surface area (Å²) in [4.78, 5) is 7.17. The number of nitrogens with zero attached hydrogens (tertiary/aromatic N) is 2. The highest BCUT2D eigenvalue weighted by atomic mass is 79.9. The van der Waals surface area contributed by atoms with Crippen LogP contribution in [0.3, 0.4) is 0 Å². The SMILES string of the molecule is CN(C)[C@H]1CCC2=N[C@H]3C=CC(Br)=CC3=C2C1. The van der Waals surface area contributed by atoms with Gasteiger partial charge in [0.25, 0.3) is 0 Å². The highest BCUT2D eigenvalue weighted by Crippen LogP contribution is 2.37. The molecule has 0 spiro atoms. The van der Waals surface area contributed by atoms with Gasteiger partial charge in [-0.2, -0.15) is 0 Å². The first-order chi connectivity index (χ1) is 8.15. The molecule has 2 atom stereocenters. The fourth-order valence-electron chi connectivity index (χ4n) is 2.89. The molecule has 3 rings (SSSR count). The Labute approximate surface area is 111 Å². The van der Waals surface area contributed by atoms with Crippen molar-refractivity contribution in [2.45, 2.75) is 31.3 Å². The molecule has 2 nitrogen and oxygen atoms in total. The molecule has 0 unspecified atom stereocenters. The zero-order chi connectivity index (χ0) is 12.0. The first-order valence-electron chi connectivity index (χ1n) is 6.17. The Bertz CT molecular complexity index is 469. The average molecular weight is 293 g/mol. The van der Waals surface area contributed by atoms with Crippen LogP contribution in [0.5, 0.6) is 0 Å². The summed E-state index contributed by atoms with van der Waals surface area (Å²) in [6, 6.07) is 0.968. The molecule has 1 fully saturated rings. The molecule has 0 bridgehead atoms. The lowest BCUT2D eigenvalue weighted by atomic mass is 9.85. The monoisotopic (exact) mass is 292 g/mol. The van der Waals surface area contributed by atoms with Gasteiger partial charge in [0.05, 0.1) is 6.04 Å². The molecule has 0 amide bonds. The summed E-state index contributed by atoms with van der Waals surface area (Å²) < 4.78 is 1.17. The van der Waals surface area contributed by atoms with Crippen molar-refractivity contribution in [2.75, 3.05) is 14.1 Å². The van der Waals surface area contributed by atoms with E-state index < -0.39 is 0 Å². The van der Waals surface area contributed by atoms with E-state index in [4.69, 9.17) is 4.99 Å². The minimum atomic E-state index is 0.294. The number of hydrogen-bond donors (Lipinski definition) is 0. The fourth-order valence-corrected chi connectivity index (χ4v) is 3.29. The molecule has 0 radical (unpaired) electrons. The Morgan fingerprint density at radius 1 is 1.41 bits per heavy atom. The van der Waals surface area contributed by atoms with Gasteiger partial charge in [0.1, 0.15) is 0 Å². The van der Waals surface area contributed by atoms with E-state index in [1.807, 2.05) is 0 Å². The summed E-state index contributed by atoms with van der Waals surface area (Å²) >= 11 is 3.56. The van der Waals surface area contributed by atoms with Crippen molar-refractivity contribution in [3.8, 4) is 0 Å². The Morgan fingerprint density at radius 2 is 2.24 bits per heavy atom. The molecule has 3 aliphatic rings. The maximum absolute atomic E-state index is 4.83.